The Balaban J connectivity index is 2.05. The van der Waals surface area contributed by atoms with E-state index in [1.807, 2.05) is 0 Å². The molecule has 1 amide bonds. The monoisotopic (exact) mass is 297 g/mol. The van der Waals surface area contributed by atoms with Gasteiger partial charge in [-0.3, -0.25) is 9.59 Å². The van der Waals surface area contributed by atoms with E-state index in [2.05, 4.69) is 5.32 Å². The van der Waals surface area contributed by atoms with Gasteiger partial charge in [-0.2, -0.15) is 0 Å². The minimum atomic E-state index is -1.16. The molecule has 0 spiro atoms. The fraction of sp³-hybridized carbons (Fsp3) is 0.467. The number of hydrogen-bond acceptors (Lipinski definition) is 2. The number of nitrogens with one attached hydrogen (secondary N) is 1. The fourth-order valence-electron chi connectivity index (χ4n) is 2.21. The normalized spacial score (nSPS) is 15.5. The standard InChI is InChI=1S/C15H17F2NO3/c16-10-4-5-11(12(17)7-10)13(8-15(20)21)18-14(19)6-3-9-1-2-9/h4-5,7,9,13H,1-3,6,8H2,(H,18,19)(H,20,21)/t13-/m1/s1. The first-order valence-corrected chi connectivity index (χ1v) is 6.92. The van der Waals surface area contributed by atoms with Gasteiger partial charge in [0.25, 0.3) is 0 Å². The van der Waals surface area contributed by atoms with Gasteiger partial charge in [0.1, 0.15) is 11.6 Å². The molecule has 0 aliphatic heterocycles. The molecule has 0 unspecified atom stereocenters. The van der Waals surface area contributed by atoms with Crippen LogP contribution in [0.25, 0.3) is 0 Å². The summed E-state index contributed by atoms with van der Waals surface area (Å²) >= 11 is 0. The summed E-state index contributed by atoms with van der Waals surface area (Å²) in [5, 5.41) is 11.4. The Bertz CT molecular complexity index is 544. The molecular weight excluding hydrogens is 280 g/mol. The molecule has 0 heterocycles. The Morgan fingerprint density at radius 2 is 2.05 bits per heavy atom. The van der Waals surface area contributed by atoms with E-state index in [4.69, 9.17) is 5.11 Å². The molecule has 1 aromatic carbocycles. The van der Waals surface area contributed by atoms with E-state index in [9.17, 15) is 18.4 Å². The van der Waals surface area contributed by atoms with Crippen molar-refractivity contribution in [1.82, 2.24) is 5.32 Å². The molecule has 1 saturated carbocycles. The Labute approximate surface area is 121 Å². The van der Waals surface area contributed by atoms with Crippen LogP contribution < -0.4 is 5.32 Å². The van der Waals surface area contributed by atoms with Crippen LogP contribution in [-0.2, 0) is 9.59 Å². The zero-order chi connectivity index (χ0) is 15.4. The topological polar surface area (TPSA) is 66.4 Å². The van der Waals surface area contributed by atoms with Crippen molar-refractivity contribution in [3.8, 4) is 0 Å². The lowest BCUT2D eigenvalue weighted by molar-refractivity contribution is -0.137. The van der Waals surface area contributed by atoms with Gasteiger partial charge in [0.2, 0.25) is 5.91 Å². The summed E-state index contributed by atoms with van der Waals surface area (Å²) in [5.74, 6) is -2.49. The van der Waals surface area contributed by atoms with Crippen molar-refractivity contribution in [3.63, 3.8) is 0 Å². The van der Waals surface area contributed by atoms with Crippen LogP contribution in [0.15, 0.2) is 18.2 Å². The largest absolute Gasteiger partial charge is 0.481 e. The van der Waals surface area contributed by atoms with Gasteiger partial charge in [-0.15, -0.1) is 0 Å². The van der Waals surface area contributed by atoms with Crippen LogP contribution in [0.4, 0.5) is 8.78 Å². The quantitative estimate of drug-likeness (QED) is 0.813. The lowest BCUT2D eigenvalue weighted by atomic mass is 10.0. The highest BCUT2D eigenvalue weighted by Crippen LogP contribution is 2.33. The average Bonchev–Trinajstić information content (AvgIpc) is 3.19. The van der Waals surface area contributed by atoms with Crippen LogP contribution in [0, 0.1) is 17.6 Å². The number of carbonyl (C=O) groups excluding carboxylic acids is 1. The van der Waals surface area contributed by atoms with E-state index in [-0.39, 0.29) is 11.5 Å². The van der Waals surface area contributed by atoms with Crippen LogP contribution >= 0.6 is 0 Å². The molecule has 0 aromatic heterocycles. The molecule has 114 valence electrons. The number of aliphatic carboxylic acids is 1. The summed E-state index contributed by atoms with van der Waals surface area (Å²) in [6.45, 7) is 0. The van der Waals surface area contributed by atoms with Crippen molar-refractivity contribution >= 4 is 11.9 Å². The van der Waals surface area contributed by atoms with Crippen LogP contribution in [0.1, 0.15) is 43.7 Å². The number of carboxylic acids is 1. The molecule has 1 aliphatic carbocycles. The second-order valence-corrected chi connectivity index (χ2v) is 5.37. The summed E-state index contributed by atoms with van der Waals surface area (Å²) in [4.78, 5) is 22.7. The molecule has 0 bridgehead atoms. The molecule has 2 N–H and O–H groups in total. The van der Waals surface area contributed by atoms with E-state index in [1.54, 1.807) is 0 Å². The van der Waals surface area contributed by atoms with E-state index in [1.165, 1.54) is 6.07 Å². The average molecular weight is 297 g/mol. The Hall–Kier alpha value is -1.98. The fourth-order valence-corrected chi connectivity index (χ4v) is 2.21. The predicted octanol–water partition coefficient (Wildman–Crippen LogP) is 2.79. The number of carboxylic acid groups (broad SMARTS) is 1. The van der Waals surface area contributed by atoms with Crippen molar-refractivity contribution in [2.24, 2.45) is 5.92 Å². The van der Waals surface area contributed by atoms with Gasteiger partial charge in [0.15, 0.2) is 0 Å². The van der Waals surface area contributed by atoms with Crippen molar-refractivity contribution in [1.29, 1.82) is 0 Å². The SMILES string of the molecule is O=C(O)C[C@@H](NC(=O)CCC1CC1)c1ccc(F)cc1F. The number of carbonyl (C=O) groups is 2. The highest BCUT2D eigenvalue weighted by molar-refractivity contribution is 5.77. The molecule has 0 saturated heterocycles. The van der Waals surface area contributed by atoms with Crippen LogP contribution in [0.2, 0.25) is 0 Å². The smallest absolute Gasteiger partial charge is 0.305 e. The second kappa shape index (κ2) is 6.65. The summed E-state index contributed by atoms with van der Waals surface area (Å²) in [6.07, 6.45) is 2.86. The van der Waals surface area contributed by atoms with Gasteiger partial charge >= 0.3 is 5.97 Å². The third-order valence-electron chi connectivity index (χ3n) is 3.53. The molecule has 21 heavy (non-hydrogen) atoms. The van der Waals surface area contributed by atoms with Gasteiger partial charge in [-0.25, -0.2) is 8.78 Å². The number of rotatable bonds is 7. The van der Waals surface area contributed by atoms with E-state index in [0.717, 1.165) is 25.3 Å². The molecule has 4 nitrogen and oxygen atoms in total. The summed E-state index contributed by atoms with van der Waals surface area (Å²) in [5.41, 5.74) is -0.0152. The van der Waals surface area contributed by atoms with Gasteiger partial charge in [0.05, 0.1) is 12.5 Å². The summed E-state index contributed by atoms with van der Waals surface area (Å²) in [6, 6.07) is 1.90. The van der Waals surface area contributed by atoms with Crippen molar-refractivity contribution < 1.29 is 23.5 Å². The molecular formula is C15H17F2NO3. The lowest BCUT2D eigenvalue weighted by Crippen LogP contribution is -2.30. The molecule has 0 radical (unpaired) electrons. The van der Waals surface area contributed by atoms with Crippen molar-refractivity contribution in [2.45, 2.75) is 38.1 Å². The van der Waals surface area contributed by atoms with Gasteiger partial charge in [0, 0.05) is 18.1 Å². The Morgan fingerprint density at radius 1 is 1.33 bits per heavy atom. The summed E-state index contributed by atoms with van der Waals surface area (Å²) in [7, 11) is 0. The van der Waals surface area contributed by atoms with Gasteiger partial charge in [-0.1, -0.05) is 18.9 Å². The van der Waals surface area contributed by atoms with E-state index < -0.39 is 30.1 Å². The number of hydrogen-bond donors (Lipinski definition) is 2. The van der Waals surface area contributed by atoms with Gasteiger partial charge in [-0.05, 0) is 18.4 Å². The Morgan fingerprint density at radius 3 is 2.62 bits per heavy atom. The lowest BCUT2D eigenvalue weighted by Gasteiger charge is -2.18. The predicted molar refractivity (Wildman–Crippen MR) is 71.5 cm³/mol. The maximum Gasteiger partial charge on any atom is 0.305 e. The minimum absolute atomic E-state index is 0.0152. The first kappa shape index (κ1) is 15.4. The molecule has 1 aliphatic rings. The molecule has 1 atom stereocenters. The molecule has 6 heteroatoms. The maximum absolute atomic E-state index is 13.7. The number of benzene rings is 1. The third-order valence-corrected chi connectivity index (χ3v) is 3.53. The Kier molecular flexibility index (Phi) is 4.88. The number of amides is 1. The molecule has 1 aromatic rings. The zero-order valence-electron chi connectivity index (χ0n) is 11.4. The maximum atomic E-state index is 13.7. The molecule has 1 fully saturated rings. The van der Waals surface area contributed by atoms with Crippen molar-refractivity contribution in [2.75, 3.05) is 0 Å². The van der Waals surface area contributed by atoms with E-state index >= 15 is 0 Å². The molecule has 2 rings (SSSR count). The van der Waals surface area contributed by atoms with Gasteiger partial charge < -0.3 is 10.4 Å². The first-order valence-electron chi connectivity index (χ1n) is 6.92. The zero-order valence-corrected chi connectivity index (χ0v) is 11.4. The highest BCUT2D eigenvalue weighted by Gasteiger charge is 2.24. The second-order valence-electron chi connectivity index (χ2n) is 5.37. The summed E-state index contributed by atoms with van der Waals surface area (Å²) < 4.78 is 26.7. The third kappa shape index (κ3) is 4.81. The van der Waals surface area contributed by atoms with Crippen molar-refractivity contribution in [3.05, 3.63) is 35.4 Å². The van der Waals surface area contributed by atoms with Crippen LogP contribution in [0.3, 0.4) is 0 Å². The minimum Gasteiger partial charge on any atom is -0.481 e. The van der Waals surface area contributed by atoms with Crippen LogP contribution in [-0.4, -0.2) is 17.0 Å². The first-order chi connectivity index (χ1) is 9.95. The van der Waals surface area contributed by atoms with E-state index in [0.29, 0.717) is 18.4 Å². The highest BCUT2D eigenvalue weighted by atomic mass is 19.1. The van der Waals surface area contributed by atoms with Crippen LogP contribution in [0.5, 0.6) is 0 Å². The number of halogens is 2.